The van der Waals surface area contributed by atoms with Gasteiger partial charge in [0.1, 0.15) is 28.6 Å². The van der Waals surface area contributed by atoms with Gasteiger partial charge in [0.05, 0.1) is 6.10 Å². The number of carbonyl (C=O) groups is 1. The minimum atomic E-state index is -5.98. The summed E-state index contributed by atoms with van der Waals surface area (Å²) < 4.78 is 92.1. The van der Waals surface area contributed by atoms with Gasteiger partial charge in [-0.3, -0.25) is 9.69 Å². The van der Waals surface area contributed by atoms with Crippen LogP contribution in [0.4, 0.5) is 26.3 Å². The van der Waals surface area contributed by atoms with Gasteiger partial charge in [0.25, 0.3) is 11.5 Å². The maximum atomic E-state index is 13.5. The number of hydrogen-bond acceptors (Lipinski definition) is 5. The Balaban J connectivity index is 1.45. The molecule has 0 aromatic heterocycles. The number of alkyl halides is 6. The molecular weight excluding hydrogens is 614 g/mol. The molecule has 3 aromatic carbocycles. The zero-order valence-electron chi connectivity index (χ0n) is 25.9. The highest BCUT2D eigenvalue weighted by Crippen LogP contribution is 2.50. The molecular formula is C34H36F6N2O4. The van der Waals surface area contributed by atoms with Crippen LogP contribution in [0.1, 0.15) is 56.4 Å². The van der Waals surface area contributed by atoms with Crippen molar-refractivity contribution in [1.82, 2.24) is 10.2 Å². The van der Waals surface area contributed by atoms with E-state index < -0.39 is 29.1 Å². The first-order valence-electron chi connectivity index (χ1n) is 14.7. The van der Waals surface area contributed by atoms with E-state index in [9.17, 15) is 36.2 Å². The third kappa shape index (κ3) is 6.81. The number of rotatable bonds is 11. The number of halogens is 6. The molecule has 46 heavy (non-hydrogen) atoms. The van der Waals surface area contributed by atoms with Crippen LogP contribution in [-0.2, 0) is 28.8 Å². The lowest BCUT2D eigenvalue weighted by Crippen LogP contribution is -2.53. The second-order valence-corrected chi connectivity index (χ2v) is 11.6. The predicted octanol–water partition coefficient (Wildman–Crippen LogP) is 7.89. The molecule has 4 rings (SSSR count). The van der Waals surface area contributed by atoms with Crippen LogP contribution in [0.5, 0.6) is 17.2 Å². The first-order chi connectivity index (χ1) is 21.4. The maximum Gasteiger partial charge on any atom is 0.430 e. The SMILES string of the molecule is C=C1NC(C)(c2ccc(OC(C)C)cc2)C(=O)N1CCc1ccc(Oc2ccc(C(O)(C(F)(F)F)C(F)(F)F)cc2CCC)cc1. The molecule has 1 amide bonds. The Labute approximate surface area is 263 Å². The summed E-state index contributed by atoms with van der Waals surface area (Å²) in [6.45, 7) is 11.7. The Morgan fingerprint density at radius 3 is 2.04 bits per heavy atom. The van der Waals surface area contributed by atoms with Crippen molar-refractivity contribution in [1.29, 1.82) is 0 Å². The van der Waals surface area contributed by atoms with Crippen LogP contribution in [0.25, 0.3) is 0 Å². The highest BCUT2D eigenvalue weighted by atomic mass is 19.4. The molecule has 12 heteroatoms. The predicted molar refractivity (Wildman–Crippen MR) is 160 cm³/mol. The van der Waals surface area contributed by atoms with E-state index in [4.69, 9.17) is 9.47 Å². The highest BCUT2D eigenvalue weighted by Gasteiger charge is 2.71. The standard InChI is InChI=1S/C34H36F6N2O4/c1-6-7-24-20-26(32(44,33(35,36)37)34(38,39)40)12-17-29(24)46-28-13-8-23(9-14-28)18-19-42-22(4)41-31(5,30(42)43)25-10-15-27(16-11-25)45-21(2)3/h8-17,20-21,41,44H,4,6-7,18-19H2,1-3,5H3. The fourth-order valence-electron chi connectivity index (χ4n) is 5.32. The van der Waals surface area contributed by atoms with Gasteiger partial charge in [-0.1, -0.05) is 50.3 Å². The summed E-state index contributed by atoms with van der Waals surface area (Å²) in [6, 6.07) is 16.3. The van der Waals surface area contributed by atoms with Crippen molar-refractivity contribution in [3.05, 3.63) is 101 Å². The summed E-state index contributed by atoms with van der Waals surface area (Å²) in [6.07, 6.45) is -11.0. The van der Waals surface area contributed by atoms with E-state index in [-0.39, 0.29) is 29.7 Å². The molecule has 1 heterocycles. The van der Waals surface area contributed by atoms with Crippen LogP contribution in [-0.4, -0.2) is 40.9 Å². The van der Waals surface area contributed by atoms with E-state index in [0.29, 0.717) is 48.8 Å². The van der Waals surface area contributed by atoms with Crippen LogP contribution in [0.3, 0.4) is 0 Å². The average Bonchev–Trinajstić information content (AvgIpc) is 3.19. The lowest BCUT2D eigenvalue weighted by molar-refractivity contribution is -0.376. The van der Waals surface area contributed by atoms with Crippen LogP contribution in [0.15, 0.2) is 79.1 Å². The number of benzene rings is 3. The molecule has 1 fully saturated rings. The number of hydrogen-bond donors (Lipinski definition) is 2. The third-order valence-electron chi connectivity index (χ3n) is 7.79. The third-order valence-corrected chi connectivity index (χ3v) is 7.79. The molecule has 2 N–H and O–H groups in total. The number of aryl methyl sites for hydroxylation is 1. The van der Waals surface area contributed by atoms with Crippen molar-refractivity contribution in [3.8, 4) is 17.2 Å². The molecule has 1 saturated heterocycles. The summed E-state index contributed by atoms with van der Waals surface area (Å²) in [7, 11) is 0. The van der Waals surface area contributed by atoms with E-state index in [2.05, 4.69) is 11.9 Å². The second-order valence-electron chi connectivity index (χ2n) is 11.6. The maximum absolute atomic E-state index is 13.5. The fourth-order valence-corrected chi connectivity index (χ4v) is 5.32. The van der Waals surface area contributed by atoms with Crippen molar-refractivity contribution in [2.24, 2.45) is 0 Å². The van der Waals surface area contributed by atoms with Gasteiger partial charge in [0, 0.05) is 12.1 Å². The normalized spacial score (nSPS) is 17.4. The quantitative estimate of drug-likeness (QED) is 0.207. The molecule has 6 nitrogen and oxygen atoms in total. The molecule has 1 unspecified atom stereocenters. The molecule has 1 aliphatic heterocycles. The number of amides is 1. The van der Waals surface area contributed by atoms with E-state index >= 15 is 0 Å². The van der Waals surface area contributed by atoms with Gasteiger partial charge in [-0.25, -0.2) is 0 Å². The molecule has 1 atom stereocenters. The molecule has 0 bridgehead atoms. The Morgan fingerprint density at radius 2 is 1.50 bits per heavy atom. The van der Waals surface area contributed by atoms with Gasteiger partial charge in [0.2, 0.25) is 0 Å². The van der Waals surface area contributed by atoms with E-state index in [1.54, 1.807) is 43.0 Å². The topological polar surface area (TPSA) is 71.0 Å². The Kier molecular flexibility index (Phi) is 9.72. The van der Waals surface area contributed by atoms with E-state index in [0.717, 1.165) is 17.2 Å². The summed E-state index contributed by atoms with van der Waals surface area (Å²) >= 11 is 0. The number of nitrogens with zero attached hydrogens (tertiary/aromatic N) is 1. The largest absolute Gasteiger partial charge is 0.491 e. The van der Waals surface area contributed by atoms with Crippen LogP contribution in [0.2, 0.25) is 0 Å². The van der Waals surface area contributed by atoms with Crippen LogP contribution in [0, 0.1) is 0 Å². The zero-order valence-corrected chi connectivity index (χ0v) is 25.9. The number of ether oxygens (including phenoxy) is 2. The van der Waals surface area contributed by atoms with Gasteiger partial charge in [-0.15, -0.1) is 0 Å². The van der Waals surface area contributed by atoms with Gasteiger partial charge < -0.3 is 19.9 Å². The lowest BCUT2D eigenvalue weighted by atomic mass is 9.90. The smallest absolute Gasteiger partial charge is 0.430 e. The van der Waals surface area contributed by atoms with Gasteiger partial charge in [-0.2, -0.15) is 26.3 Å². The van der Waals surface area contributed by atoms with E-state index in [1.165, 1.54) is 0 Å². The summed E-state index contributed by atoms with van der Waals surface area (Å²) in [5.41, 5.74) is -5.67. The number of nitrogens with one attached hydrogen (secondary N) is 1. The molecule has 3 aromatic rings. The highest BCUT2D eigenvalue weighted by molar-refractivity contribution is 5.91. The van der Waals surface area contributed by atoms with E-state index in [1.807, 2.05) is 38.1 Å². The average molecular weight is 651 g/mol. The molecule has 0 spiro atoms. The summed E-state index contributed by atoms with van der Waals surface area (Å²) in [5, 5.41) is 13.0. The minimum absolute atomic E-state index is 0.0184. The molecule has 1 aliphatic rings. The first kappa shape index (κ1) is 34.7. The fraction of sp³-hybridized carbons (Fsp3) is 0.382. The minimum Gasteiger partial charge on any atom is -0.491 e. The zero-order chi connectivity index (χ0) is 34.1. The van der Waals surface area contributed by atoms with Crippen molar-refractivity contribution in [2.45, 2.75) is 76.6 Å². The van der Waals surface area contributed by atoms with Gasteiger partial charge in [0.15, 0.2) is 0 Å². The van der Waals surface area contributed by atoms with Gasteiger partial charge in [-0.05, 0) is 86.7 Å². The molecule has 248 valence electrons. The second kappa shape index (κ2) is 12.9. The monoisotopic (exact) mass is 650 g/mol. The van der Waals surface area contributed by atoms with Crippen molar-refractivity contribution >= 4 is 5.91 Å². The van der Waals surface area contributed by atoms with Gasteiger partial charge >= 0.3 is 12.4 Å². The Morgan fingerprint density at radius 1 is 0.913 bits per heavy atom. The Bertz CT molecular complexity index is 1540. The number of carbonyl (C=O) groups excluding carboxylic acids is 1. The van der Waals surface area contributed by atoms with Crippen LogP contribution >= 0.6 is 0 Å². The number of aliphatic hydroxyl groups is 1. The Hall–Kier alpha value is -4.19. The van der Waals surface area contributed by atoms with Crippen molar-refractivity contribution in [2.75, 3.05) is 6.54 Å². The van der Waals surface area contributed by atoms with Crippen molar-refractivity contribution < 1.29 is 45.7 Å². The molecule has 0 saturated carbocycles. The summed E-state index contributed by atoms with van der Waals surface area (Å²) in [5.74, 6) is 1.37. The molecule has 0 aliphatic carbocycles. The summed E-state index contributed by atoms with van der Waals surface area (Å²) in [4.78, 5) is 15.0. The first-order valence-corrected chi connectivity index (χ1v) is 14.7. The van der Waals surface area contributed by atoms with Crippen LogP contribution < -0.4 is 14.8 Å². The molecule has 0 radical (unpaired) electrons. The lowest BCUT2D eigenvalue weighted by Gasteiger charge is -2.33. The van der Waals surface area contributed by atoms with Crippen molar-refractivity contribution in [3.63, 3.8) is 0 Å².